The normalized spacial score (nSPS) is 9.95. The monoisotopic (exact) mass is 275 g/mol. The summed E-state index contributed by atoms with van der Waals surface area (Å²) in [4.78, 5) is 11.8. The van der Waals surface area contributed by atoms with Crippen molar-refractivity contribution in [3.63, 3.8) is 0 Å². The minimum absolute atomic E-state index is 0.173. The number of ether oxygens (including phenoxy) is 1. The highest BCUT2D eigenvalue weighted by molar-refractivity contribution is 6.33. The van der Waals surface area contributed by atoms with Crippen molar-refractivity contribution in [1.29, 1.82) is 5.26 Å². The molecule has 1 aromatic heterocycles. The molecule has 96 valence electrons. The molecular weight excluding hydrogens is 266 g/mol. The molecule has 0 N–H and O–H groups in total. The summed E-state index contributed by atoms with van der Waals surface area (Å²) >= 11 is 6.15. The van der Waals surface area contributed by atoms with E-state index in [1.165, 1.54) is 4.68 Å². The quantitative estimate of drug-likeness (QED) is 0.807. The average Bonchev–Trinajstić information content (AvgIpc) is 2.72. The van der Waals surface area contributed by atoms with Gasteiger partial charge in [-0.3, -0.25) is 0 Å². The zero-order valence-corrected chi connectivity index (χ0v) is 10.9. The second-order valence-corrected chi connectivity index (χ2v) is 4.09. The van der Waals surface area contributed by atoms with Gasteiger partial charge in [0.2, 0.25) is 0 Å². The summed E-state index contributed by atoms with van der Waals surface area (Å²) in [7, 11) is 0. The Hall–Kier alpha value is -2.32. The van der Waals surface area contributed by atoms with Gasteiger partial charge in [-0.1, -0.05) is 29.8 Å². The Labute approximate surface area is 115 Å². The number of carbonyl (C=O) groups is 1. The number of halogens is 1. The lowest BCUT2D eigenvalue weighted by molar-refractivity contribution is 0.0554. The molecule has 0 aliphatic heterocycles. The van der Waals surface area contributed by atoms with Gasteiger partial charge in [-0.25, -0.2) is 9.48 Å². The van der Waals surface area contributed by atoms with E-state index in [1.807, 2.05) is 30.3 Å². The van der Waals surface area contributed by atoms with E-state index in [4.69, 9.17) is 21.6 Å². The Balaban J connectivity index is 2.41. The number of carbonyl (C=O) groups excluding carboxylic acids is 1. The number of hydrogen-bond acceptors (Lipinski definition) is 4. The van der Waals surface area contributed by atoms with E-state index in [9.17, 15) is 4.79 Å². The van der Waals surface area contributed by atoms with Gasteiger partial charge >= 0.3 is 5.97 Å². The third kappa shape index (κ3) is 2.59. The first kappa shape index (κ1) is 13.1. The van der Waals surface area contributed by atoms with Gasteiger partial charge in [-0.05, 0) is 19.1 Å². The molecule has 0 amide bonds. The van der Waals surface area contributed by atoms with Crippen LogP contribution in [0.25, 0.3) is 5.69 Å². The molecule has 0 bridgehead atoms. The van der Waals surface area contributed by atoms with Gasteiger partial charge in [-0.15, -0.1) is 0 Å². The van der Waals surface area contributed by atoms with Crippen LogP contribution in [-0.2, 0) is 4.74 Å². The number of aryl methyl sites for hydroxylation is 1. The molecule has 2 aromatic rings. The van der Waals surface area contributed by atoms with Gasteiger partial charge in [-0.2, -0.15) is 10.4 Å². The van der Waals surface area contributed by atoms with Crippen LogP contribution in [0.1, 0.15) is 16.1 Å². The van der Waals surface area contributed by atoms with Gasteiger partial charge in [0.25, 0.3) is 0 Å². The molecule has 0 spiro atoms. The number of nitriles is 1. The summed E-state index contributed by atoms with van der Waals surface area (Å²) < 4.78 is 6.21. The Kier molecular flexibility index (Phi) is 3.83. The topological polar surface area (TPSA) is 67.9 Å². The van der Waals surface area contributed by atoms with Crippen molar-refractivity contribution in [2.24, 2.45) is 0 Å². The van der Waals surface area contributed by atoms with Crippen LogP contribution in [0.2, 0.25) is 5.15 Å². The third-order valence-corrected chi connectivity index (χ3v) is 2.83. The third-order valence-electron chi connectivity index (χ3n) is 2.48. The number of benzene rings is 1. The van der Waals surface area contributed by atoms with Crippen LogP contribution in [0.4, 0.5) is 0 Å². The average molecular weight is 276 g/mol. The van der Waals surface area contributed by atoms with Gasteiger partial charge in [0.05, 0.1) is 11.4 Å². The van der Waals surface area contributed by atoms with Gasteiger partial charge in [0, 0.05) is 0 Å². The molecule has 6 heteroatoms. The van der Waals surface area contributed by atoms with E-state index in [2.05, 4.69) is 5.10 Å². The van der Waals surface area contributed by atoms with E-state index in [0.717, 1.165) is 5.69 Å². The molecule has 1 heterocycles. The summed E-state index contributed by atoms with van der Waals surface area (Å²) in [6, 6.07) is 10.9. The molecule has 5 nitrogen and oxygen atoms in total. The number of hydrogen-bond donors (Lipinski definition) is 0. The predicted molar refractivity (Wildman–Crippen MR) is 69.2 cm³/mol. The van der Waals surface area contributed by atoms with Crippen molar-refractivity contribution in [3.8, 4) is 11.8 Å². The lowest BCUT2D eigenvalue weighted by Crippen LogP contribution is -2.06. The minimum Gasteiger partial charge on any atom is -0.447 e. The Morgan fingerprint density at radius 2 is 2.16 bits per heavy atom. The van der Waals surface area contributed by atoms with E-state index >= 15 is 0 Å². The van der Waals surface area contributed by atoms with E-state index in [1.54, 1.807) is 13.0 Å². The SMILES string of the molecule is Cc1nn(-c2ccccc2)c(Cl)c1C(=O)OCC#N. The summed E-state index contributed by atoms with van der Waals surface area (Å²) in [6.45, 7) is 1.35. The number of aromatic nitrogens is 2. The molecule has 0 radical (unpaired) electrons. The minimum atomic E-state index is -0.647. The molecule has 0 saturated heterocycles. The maximum atomic E-state index is 11.8. The molecule has 0 fully saturated rings. The zero-order chi connectivity index (χ0) is 13.8. The lowest BCUT2D eigenvalue weighted by atomic mass is 10.2. The number of nitrogens with zero attached hydrogens (tertiary/aromatic N) is 3. The summed E-state index contributed by atoms with van der Waals surface area (Å²) in [5.41, 5.74) is 1.38. The highest BCUT2D eigenvalue weighted by atomic mass is 35.5. The fraction of sp³-hybridized carbons (Fsp3) is 0.154. The highest BCUT2D eigenvalue weighted by Gasteiger charge is 2.22. The summed E-state index contributed by atoms with van der Waals surface area (Å²) in [6.07, 6.45) is 0. The van der Waals surface area contributed by atoms with Crippen LogP contribution in [0, 0.1) is 18.3 Å². The molecular formula is C13H10ClN3O2. The predicted octanol–water partition coefficient (Wildman–Crippen LogP) is 2.51. The fourth-order valence-corrected chi connectivity index (χ4v) is 1.99. The smallest absolute Gasteiger partial charge is 0.344 e. The van der Waals surface area contributed by atoms with Crippen molar-refractivity contribution in [1.82, 2.24) is 9.78 Å². The first-order valence-electron chi connectivity index (χ1n) is 5.49. The Morgan fingerprint density at radius 3 is 2.79 bits per heavy atom. The molecule has 1 aromatic carbocycles. The number of para-hydroxylation sites is 1. The van der Waals surface area contributed by atoms with Crippen LogP contribution in [0.5, 0.6) is 0 Å². The summed E-state index contributed by atoms with van der Waals surface area (Å²) in [5.74, 6) is -0.647. The first-order valence-corrected chi connectivity index (χ1v) is 5.87. The highest BCUT2D eigenvalue weighted by Crippen LogP contribution is 2.24. The molecule has 19 heavy (non-hydrogen) atoms. The fourth-order valence-electron chi connectivity index (χ4n) is 1.64. The Bertz CT molecular complexity index is 644. The van der Waals surface area contributed by atoms with Crippen LogP contribution in [0.15, 0.2) is 30.3 Å². The van der Waals surface area contributed by atoms with Crippen LogP contribution < -0.4 is 0 Å². The molecule has 2 rings (SSSR count). The maximum absolute atomic E-state index is 11.8. The standard InChI is InChI=1S/C13H10ClN3O2/c1-9-11(13(18)19-8-7-15)12(14)17(16-9)10-5-3-2-4-6-10/h2-6H,8H2,1H3. The number of rotatable bonds is 3. The van der Waals surface area contributed by atoms with E-state index < -0.39 is 5.97 Å². The molecule has 0 aliphatic rings. The second-order valence-electron chi connectivity index (χ2n) is 3.73. The molecule has 0 atom stereocenters. The largest absolute Gasteiger partial charge is 0.447 e. The maximum Gasteiger partial charge on any atom is 0.344 e. The first-order chi connectivity index (χ1) is 9.15. The lowest BCUT2D eigenvalue weighted by Gasteiger charge is -2.02. The zero-order valence-electron chi connectivity index (χ0n) is 10.1. The van der Waals surface area contributed by atoms with Crippen molar-refractivity contribution < 1.29 is 9.53 Å². The van der Waals surface area contributed by atoms with Crippen molar-refractivity contribution in [2.45, 2.75) is 6.92 Å². The van der Waals surface area contributed by atoms with E-state index in [0.29, 0.717) is 5.69 Å². The number of esters is 1. The van der Waals surface area contributed by atoms with Crippen molar-refractivity contribution in [2.75, 3.05) is 6.61 Å². The molecule has 0 saturated carbocycles. The molecule has 0 aliphatic carbocycles. The van der Waals surface area contributed by atoms with Crippen molar-refractivity contribution in [3.05, 3.63) is 46.7 Å². The van der Waals surface area contributed by atoms with Crippen LogP contribution >= 0.6 is 11.6 Å². The van der Waals surface area contributed by atoms with Crippen LogP contribution in [0.3, 0.4) is 0 Å². The molecule has 0 unspecified atom stereocenters. The van der Waals surface area contributed by atoms with Crippen LogP contribution in [-0.4, -0.2) is 22.4 Å². The Morgan fingerprint density at radius 1 is 1.47 bits per heavy atom. The van der Waals surface area contributed by atoms with E-state index in [-0.39, 0.29) is 17.3 Å². The van der Waals surface area contributed by atoms with Gasteiger partial charge < -0.3 is 4.74 Å². The van der Waals surface area contributed by atoms with Gasteiger partial charge in [0.15, 0.2) is 6.61 Å². The van der Waals surface area contributed by atoms with Gasteiger partial charge in [0.1, 0.15) is 16.8 Å². The second kappa shape index (κ2) is 5.55. The van der Waals surface area contributed by atoms with Crippen molar-refractivity contribution >= 4 is 17.6 Å². The summed E-state index contributed by atoms with van der Waals surface area (Å²) in [5, 5.41) is 12.8.